The predicted octanol–water partition coefficient (Wildman–Crippen LogP) is 4.63. The molecule has 0 bridgehead atoms. The first-order valence-electron chi connectivity index (χ1n) is 9.55. The molecule has 0 aliphatic heterocycles. The first kappa shape index (κ1) is 21.8. The van der Waals surface area contributed by atoms with Crippen LogP contribution in [0.15, 0.2) is 41.6 Å². The Morgan fingerprint density at radius 2 is 1.87 bits per heavy atom. The third-order valence-electron chi connectivity index (χ3n) is 4.70. The molecule has 1 amide bonds. The third kappa shape index (κ3) is 4.92. The van der Waals surface area contributed by atoms with Crippen molar-refractivity contribution in [1.29, 1.82) is 0 Å². The van der Waals surface area contributed by atoms with Crippen LogP contribution in [0.3, 0.4) is 0 Å². The molecule has 10 heteroatoms. The minimum absolute atomic E-state index is 0.0308. The summed E-state index contributed by atoms with van der Waals surface area (Å²) in [5.74, 6) is 1.87. The summed E-state index contributed by atoms with van der Waals surface area (Å²) in [4.78, 5) is 12.2. The Labute approximate surface area is 194 Å². The van der Waals surface area contributed by atoms with Crippen LogP contribution in [0.1, 0.15) is 12.8 Å². The Bertz CT molecular complexity index is 1120. The van der Waals surface area contributed by atoms with Crippen molar-refractivity contribution in [1.82, 2.24) is 20.1 Å². The number of hydrogen-bond donors (Lipinski definition) is 1. The predicted molar refractivity (Wildman–Crippen MR) is 122 cm³/mol. The van der Waals surface area contributed by atoms with Gasteiger partial charge in [0, 0.05) is 11.1 Å². The number of nitrogens with zero attached hydrogens (tertiary/aromatic N) is 3. The normalized spacial score (nSPS) is 13.2. The van der Waals surface area contributed by atoms with Crippen LogP contribution in [0.2, 0.25) is 10.0 Å². The largest absolute Gasteiger partial charge is 0.496 e. The molecule has 3 aromatic rings. The molecule has 1 fully saturated rings. The first-order valence-corrected chi connectivity index (χ1v) is 11.3. The Morgan fingerprint density at radius 1 is 1.13 bits per heavy atom. The summed E-state index contributed by atoms with van der Waals surface area (Å²) in [5, 5.41) is 13.2. The van der Waals surface area contributed by atoms with Gasteiger partial charge >= 0.3 is 0 Å². The molecule has 0 spiro atoms. The van der Waals surface area contributed by atoms with Crippen molar-refractivity contribution in [2.24, 2.45) is 0 Å². The van der Waals surface area contributed by atoms with Gasteiger partial charge in [0.25, 0.3) is 0 Å². The topological polar surface area (TPSA) is 78.3 Å². The van der Waals surface area contributed by atoms with Crippen molar-refractivity contribution in [3.8, 4) is 28.6 Å². The monoisotopic (exact) mass is 478 g/mol. The highest BCUT2D eigenvalue weighted by molar-refractivity contribution is 7.99. The van der Waals surface area contributed by atoms with Gasteiger partial charge in [-0.15, -0.1) is 10.2 Å². The van der Waals surface area contributed by atoms with E-state index in [1.165, 1.54) is 11.8 Å². The Hall–Kier alpha value is -2.42. The smallest absolute Gasteiger partial charge is 0.230 e. The average Bonchev–Trinajstić information content (AvgIpc) is 3.47. The van der Waals surface area contributed by atoms with Crippen LogP contribution in [0.4, 0.5) is 0 Å². The minimum Gasteiger partial charge on any atom is -0.496 e. The van der Waals surface area contributed by atoms with Gasteiger partial charge in [-0.05, 0) is 49.2 Å². The summed E-state index contributed by atoms with van der Waals surface area (Å²) >= 11 is 13.9. The van der Waals surface area contributed by atoms with Gasteiger partial charge in [0.05, 0.1) is 36.2 Å². The molecule has 4 rings (SSSR count). The van der Waals surface area contributed by atoms with Crippen molar-refractivity contribution in [3.63, 3.8) is 0 Å². The molecule has 31 heavy (non-hydrogen) atoms. The molecule has 0 radical (unpaired) electrons. The van der Waals surface area contributed by atoms with Crippen LogP contribution in [-0.2, 0) is 4.79 Å². The van der Waals surface area contributed by atoms with Gasteiger partial charge in [-0.3, -0.25) is 9.36 Å². The van der Waals surface area contributed by atoms with Gasteiger partial charge in [-0.1, -0.05) is 35.0 Å². The number of rotatable bonds is 8. The number of hydrogen-bond acceptors (Lipinski definition) is 6. The quantitative estimate of drug-likeness (QED) is 0.475. The van der Waals surface area contributed by atoms with Crippen LogP contribution < -0.4 is 14.8 Å². The van der Waals surface area contributed by atoms with E-state index in [1.54, 1.807) is 44.6 Å². The van der Waals surface area contributed by atoms with Crippen molar-refractivity contribution in [2.45, 2.75) is 24.0 Å². The lowest BCUT2D eigenvalue weighted by molar-refractivity contribution is -0.118. The second kappa shape index (κ2) is 9.38. The zero-order valence-corrected chi connectivity index (χ0v) is 19.2. The van der Waals surface area contributed by atoms with Crippen molar-refractivity contribution >= 4 is 40.9 Å². The maximum absolute atomic E-state index is 12.2. The number of carbonyl (C=O) groups is 1. The van der Waals surface area contributed by atoms with Gasteiger partial charge < -0.3 is 14.8 Å². The fourth-order valence-corrected chi connectivity index (χ4v) is 4.23. The zero-order chi connectivity index (χ0) is 22.0. The van der Waals surface area contributed by atoms with Crippen LogP contribution in [0, 0.1) is 0 Å². The summed E-state index contributed by atoms with van der Waals surface area (Å²) in [6, 6.07) is 11.0. The lowest BCUT2D eigenvalue weighted by atomic mass is 10.2. The SMILES string of the molecule is COc1ccc(-n2c(SCC(=O)NC3CC3)nnc2-c2cc(Cl)ccc2OC)cc1Cl. The first-order chi connectivity index (χ1) is 15.0. The van der Waals surface area contributed by atoms with E-state index in [4.69, 9.17) is 32.7 Å². The van der Waals surface area contributed by atoms with E-state index in [2.05, 4.69) is 15.5 Å². The van der Waals surface area contributed by atoms with Gasteiger partial charge in [0.15, 0.2) is 11.0 Å². The fraction of sp³-hybridized carbons (Fsp3) is 0.286. The number of amides is 1. The van der Waals surface area contributed by atoms with E-state index in [1.807, 2.05) is 10.6 Å². The number of aromatic nitrogens is 3. The number of thioether (sulfide) groups is 1. The summed E-state index contributed by atoms with van der Waals surface area (Å²) in [6.07, 6.45) is 2.07. The van der Waals surface area contributed by atoms with Crippen molar-refractivity contribution in [3.05, 3.63) is 46.4 Å². The standard InChI is InChI=1S/C21H20Cl2N4O3S/c1-29-17-7-3-12(22)9-15(17)20-25-26-21(31-11-19(28)24-13-4-5-13)27(20)14-6-8-18(30-2)16(23)10-14/h3,6-10,13H,4-5,11H2,1-2H3,(H,24,28). The number of benzene rings is 2. The average molecular weight is 479 g/mol. The maximum atomic E-state index is 12.2. The minimum atomic E-state index is -0.0308. The molecule has 1 aliphatic carbocycles. The molecule has 0 atom stereocenters. The summed E-state index contributed by atoms with van der Waals surface area (Å²) < 4.78 is 12.6. The molecule has 1 aromatic heterocycles. The van der Waals surface area contributed by atoms with Gasteiger partial charge in [-0.25, -0.2) is 0 Å². The number of halogens is 2. The van der Waals surface area contributed by atoms with Gasteiger partial charge in [0.2, 0.25) is 5.91 Å². The molecule has 1 saturated carbocycles. The van der Waals surface area contributed by atoms with Crippen LogP contribution in [-0.4, -0.2) is 46.7 Å². The highest BCUT2D eigenvalue weighted by Crippen LogP contribution is 2.36. The molecule has 1 N–H and O–H groups in total. The Kier molecular flexibility index (Phi) is 6.60. The fourth-order valence-electron chi connectivity index (χ4n) is 3.05. The molecule has 0 saturated heterocycles. The van der Waals surface area contributed by atoms with Crippen LogP contribution in [0.5, 0.6) is 11.5 Å². The lowest BCUT2D eigenvalue weighted by Crippen LogP contribution is -2.27. The van der Waals surface area contributed by atoms with Crippen LogP contribution >= 0.6 is 35.0 Å². The van der Waals surface area contributed by atoms with Gasteiger partial charge in [0.1, 0.15) is 11.5 Å². The lowest BCUT2D eigenvalue weighted by Gasteiger charge is -2.14. The van der Waals surface area contributed by atoms with Gasteiger partial charge in [-0.2, -0.15) is 0 Å². The van der Waals surface area contributed by atoms with Crippen molar-refractivity contribution in [2.75, 3.05) is 20.0 Å². The van der Waals surface area contributed by atoms with E-state index < -0.39 is 0 Å². The number of carbonyl (C=O) groups excluding carboxylic acids is 1. The molecule has 2 aromatic carbocycles. The number of methoxy groups -OCH3 is 2. The Balaban J connectivity index is 1.76. The summed E-state index contributed by atoms with van der Waals surface area (Å²) in [6.45, 7) is 0. The van der Waals surface area contributed by atoms with E-state index in [0.717, 1.165) is 18.5 Å². The highest BCUT2D eigenvalue weighted by atomic mass is 35.5. The molecular formula is C21H20Cl2N4O3S. The van der Waals surface area contributed by atoms with Crippen LogP contribution in [0.25, 0.3) is 17.1 Å². The number of ether oxygens (including phenoxy) is 2. The summed E-state index contributed by atoms with van der Waals surface area (Å²) in [5.41, 5.74) is 1.39. The molecule has 1 heterocycles. The van der Waals surface area contributed by atoms with E-state index in [-0.39, 0.29) is 11.7 Å². The molecule has 0 unspecified atom stereocenters. The Morgan fingerprint density at radius 3 is 2.55 bits per heavy atom. The second-order valence-electron chi connectivity index (χ2n) is 6.94. The molecule has 162 valence electrons. The summed E-state index contributed by atoms with van der Waals surface area (Å²) in [7, 11) is 3.14. The van der Waals surface area contributed by atoms with E-state index in [9.17, 15) is 4.79 Å². The molecule has 1 aliphatic rings. The second-order valence-corrected chi connectivity index (χ2v) is 8.72. The molecular weight excluding hydrogens is 459 g/mol. The maximum Gasteiger partial charge on any atom is 0.230 e. The zero-order valence-electron chi connectivity index (χ0n) is 16.9. The number of nitrogens with one attached hydrogen (secondary N) is 1. The molecule has 7 nitrogen and oxygen atoms in total. The van der Waals surface area contributed by atoms with Crippen molar-refractivity contribution < 1.29 is 14.3 Å². The van der Waals surface area contributed by atoms with E-state index in [0.29, 0.717) is 44.1 Å². The highest BCUT2D eigenvalue weighted by Gasteiger charge is 2.25. The third-order valence-corrected chi connectivity index (χ3v) is 6.16. The van der Waals surface area contributed by atoms with E-state index >= 15 is 0 Å².